The molecule has 40 heavy (non-hydrogen) atoms. The number of H-pyrrole nitrogens is 1. The van der Waals surface area contributed by atoms with Gasteiger partial charge in [-0.3, -0.25) is 9.69 Å². The number of nitrogens with one attached hydrogen (secondary N) is 1. The van der Waals surface area contributed by atoms with Gasteiger partial charge in [0.25, 0.3) is 5.56 Å². The summed E-state index contributed by atoms with van der Waals surface area (Å²) in [6.07, 6.45) is 6.43. The van der Waals surface area contributed by atoms with Crippen molar-refractivity contribution in [2.24, 2.45) is 0 Å². The zero-order valence-electron chi connectivity index (χ0n) is 23.1. The molecule has 10 heteroatoms. The maximum atomic E-state index is 13.8. The van der Waals surface area contributed by atoms with Crippen LogP contribution in [0.15, 0.2) is 53.3 Å². The van der Waals surface area contributed by atoms with Crippen LogP contribution in [0.25, 0.3) is 10.9 Å². The molecule has 0 unspecified atom stereocenters. The molecule has 210 valence electrons. The molecule has 1 aliphatic carbocycles. The summed E-state index contributed by atoms with van der Waals surface area (Å²) in [7, 11) is 3.31. The van der Waals surface area contributed by atoms with E-state index in [0.717, 1.165) is 73.1 Å². The third-order valence-corrected chi connectivity index (χ3v) is 8.18. The minimum absolute atomic E-state index is 0.0659. The Balaban J connectivity index is 1.49. The number of rotatable bonds is 10. The number of benzene rings is 2. The highest BCUT2D eigenvalue weighted by molar-refractivity contribution is 5.80. The van der Waals surface area contributed by atoms with E-state index in [1.54, 1.807) is 14.2 Å². The molecule has 1 saturated carbocycles. The predicted molar refractivity (Wildman–Crippen MR) is 151 cm³/mol. The first-order valence-corrected chi connectivity index (χ1v) is 14.1. The van der Waals surface area contributed by atoms with Gasteiger partial charge >= 0.3 is 0 Å². The Labute approximate surface area is 233 Å². The lowest BCUT2D eigenvalue weighted by Crippen LogP contribution is -2.39. The molecule has 0 spiro atoms. The zero-order chi connectivity index (χ0) is 27.5. The van der Waals surface area contributed by atoms with E-state index in [0.29, 0.717) is 24.5 Å². The molecule has 2 fully saturated rings. The molecule has 1 aliphatic heterocycles. The van der Waals surface area contributed by atoms with Crippen LogP contribution in [0.4, 0.5) is 0 Å². The fourth-order valence-corrected chi connectivity index (χ4v) is 6.10. The van der Waals surface area contributed by atoms with Crippen molar-refractivity contribution in [2.75, 3.05) is 27.4 Å². The van der Waals surface area contributed by atoms with Crippen LogP contribution in [-0.4, -0.2) is 63.6 Å². The van der Waals surface area contributed by atoms with Crippen LogP contribution in [0.3, 0.4) is 0 Å². The minimum atomic E-state index is -0.485. The molecule has 6 rings (SSSR count). The number of hydrogen-bond donors (Lipinski definition) is 1. The van der Waals surface area contributed by atoms with Crippen molar-refractivity contribution in [3.63, 3.8) is 0 Å². The van der Waals surface area contributed by atoms with Crippen LogP contribution in [-0.2, 0) is 11.3 Å². The smallest absolute Gasteiger partial charge is 0.253 e. The molecule has 0 radical (unpaired) electrons. The number of methoxy groups -OCH3 is 2. The van der Waals surface area contributed by atoms with Crippen LogP contribution < -0.4 is 15.0 Å². The predicted octanol–water partition coefficient (Wildman–Crippen LogP) is 4.42. The van der Waals surface area contributed by atoms with E-state index < -0.39 is 6.04 Å². The highest BCUT2D eigenvalue weighted by atomic mass is 16.5. The fourth-order valence-electron chi connectivity index (χ4n) is 6.10. The third-order valence-electron chi connectivity index (χ3n) is 8.18. The van der Waals surface area contributed by atoms with Gasteiger partial charge in [-0.1, -0.05) is 25.0 Å². The lowest BCUT2D eigenvalue weighted by atomic mass is 10.0. The molecule has 1 N–H and O–H groups in total. The number of aromatic nitrogens is 5. The highest BCUT2D eigenvalue weighted by Crippen LogP contribution is 2.35. The van der Waals surface area contributed by atoms with E-state index in [1.165, 1.54) is 0 Å². The minimum Gasteiger partial charge on any atom is -0.497 e. The van der Waals surface area contributed by atoms with Crippen molar-refractivity contribution in [2.45, 2.75) is 63.3 Å². The fraction of sp³-hybridized carbons (Fsp3) is 0.467. The quantitative estimate of drug-likeness (QED) is 0.313. The summed E-state index contributed by atoms with van der Waals surface area (Å²) in [6.45, 7) is 1.98. The average Bonchev–Trinajstić information content (AvgIpc) is 3.77. The Hall–Kier alpha value is -3.76. The van der Waals surface area contributed by atoms with E-state index in [9.17, 15) is 4.79 Å². The van der Waals surface area contributed by atoms with Crippen molar-refractivity contribution in [3.05, 3.63) is 75.8 Å². The third kappa shape index (κ3) is 5.46. The second-order valence-corrected chi connectivity index (χ2v) is 10.7. The largest absolute Gasteiger partial charge is 0.497 e. The Morgan fingerprint density at radius 2 is 1.80 bits per heavy atom. The van der Waals surface area contributed by atoms with Crippen LogP contribution in [0, 0.1) is 0 Å². The molecule has 2 aromatic carbocycles. The van der Waals surface area contributed by atoms with Crippen molar-refractivity contribution in [1.82, 2.24) is 30.1 Å². The Morgan fingerprint density at radius 1 is 1.02 bits per heavy atom. The van der Waals surface area contributed by atoms with E-state index in [4.69, 9.17) is 14.2 Å². The van der Waals surface area contributed by atoms with Crippen molar-refractivity contribution >= 4 is 10.9 Å². The normalized spacial score (nSPS) is 18.5. The molecule has 2 aromatic heterocycles. The average molecular weight is 545 g/mol. The molecule has 10 nitrogen and oxygen atoms in total. The SMILES string of the molecule is COc1ccc(CN(C[C@H]2CCCO2)[C@H](c2cc3cc(OC)ccc3[nH]c2=O)c2nnnn2C2CCCC2)cc1. The topological polar surface area (TPSA) is 107 Å². The second-order valence-electron chi connectivity index (χ2n) is 10.7. The molecule has 4 aromatic rings. The summed E-state index contributed by atoms with van der Waals surface area (Å²) in [5.41, 5.74) is 2.30. The van der Waals surface area contributed by atoms with Crippen LogP contribution in [0.1, 0.15) is 67.6 Å². The van der Waals surface area contributed by atoms with Gasteiger partial charge in [-0.2, -0.15) is 0 Å². The first-order valence-electron chi connectivity index (χ1n) is 14.1. The number of tetrazole rings is 1. The molecular weight excluding hydrogens is 508 g/mol. The lowest BCUT2D eigenvalue weighted by Gasteiger charge is -2.33. The molecule has 0 amide bonds. The maximum absolute atomic E-state index is 13.8. The van der Waals surface area contributed by atoms with Gasteiger partial charge in [-0.15, -0.1) is 5.10 Å². The van der Waals surface area contributed by atoms with E-state index >= 15 is 0 Å². The summed E-state index contributed by atoms with van der Waals surface area (Å²) in [5.74, 6) is 2.22. The summed E-state index contributed by atoms with van der Waals surface area (Å²) in [5, 5.41) is 14.1. The monoisotopic (exact) mass is 544 g/mol. The first-order chi connectivity index (χ1) is 19.6. The first kappa shape index (κ1) is 26.5. The van der Waals surface area contributed by atoms with Crippen molar-refractivity contribution < 1.29 is 14.2 Å². The summed E-state index contributed by atoms with van der Waals surface area (Å²) in [4.78, 5) is 19.2. The van der Waals surface area contributed by atoms with Gasteiger partial charge in [0.15, 0.2) is 5.82 Å². The van der Waals surface area contributed by atoms with Crippen molar-refractivity contribution in [1.29, 1.82) is 0 Å². The van der Waals surface area contributed by atoms with Crippen molar-refractivity contribution in [3.8, 4) is 11.5 Å². The second kappa shape index (κ2) is 11.8. The molecule has 3 heterocycles. The van der Waals surface area contributed by atoms with Crippen LogP contribution >= 0.6 is 0 Å². The number of nitrogens with zero attached hydrogens (tertiary/aromatic N) is 5. The van der Waals surface area contributed by atoms with E-state index in [-0.39, 0.29) is 17.7 Å². The number of fused-ring (bicyclic) bond motifs is 1. The molecule has 1 saturated heterocycles. The molecular formula is C30H36N6O4. The Kier molecular flexibility index (Phi) is 7.79. The van der Waals surface area contributed by atoms with Gasteiger partial charge < -0.3 is 19.2 Å². The highest BCUT2D eigenvalue weighted by Gasteiger charge is 2.35. The molecule has 2 aliphatic rings. The van der Waals surface area contributed by atoms with Gasteiger partial charge in [0.2, 0.25) is 0 Å². The van der Waals surface area contributed by atoms with E-state index in [2.05, 4.69) is 37.5 Å². The lowest BCUT2D eigenvalue weighted by molar-refractivity contribution is 0.0569. The molecule has 2 atom stereocenters. The van der Waals surface area contributed by atoms with Crippen LogP contribution in [0.5, 0.6) is 11.5 Å². The van der Waals surface area contributed by atoms with Gasteiger partial charge in [0.05, 0.1) is 26.4 Å². The number of hydrogen-bond acceptors (Lipinski definition) is 8. The zero-order valence-corrected chi connectivity index (χ0v) is 23.1. The summed E-state index contributed by atoms with van der Waals surface area (Å²) in [6, 6.07) is 15.4. The van der Waals surface area contributed by atoms with Gasteiger partial charge in [-0.25, -0.2) is 4.68 Å². The summed E-state index contributed by atoms with van der Waals surface area (Å²) < 4.78 is 18.9. The summed E-state index contributed by atoms with van der Waals surface area (Å²) >= 11 is 0. The van der Waals surface area contributed by atoms with E-state index in [1.807, 2.05) is 41.1 Å². The maximum Gasteiger partial charge on any atom is 0.253 e. The Bertz CT molecular complexity index is 1490. The standard InChI is InChI=1S/C30H36N6O4/c1-38-23-11-9-20(10-12-23)18-35(19-25-8-5-15-40-25)28(29-32-33-34-36(29)22-6-3-4-7-22)26-17-21-16-24(39-2)13-14-27(21)31-30(26)37/h9-14,16-17,22,25,28H,3-8,15,18-19H2,1-2H3,(H,31,37)/t25-,28-/m1/s1. The van der Waals surface area contributed by atoms with Gasteiger partial charge in [0, 0.05) is 36.2 Å². The Morgan fingerprint density at radius 3 is 2.52 bits per heavy atom. The van der Waals surface area contributed by atoms with Gasteiger partial charge in [0.1, 0.15) is 17.5 Å². The molecule has 0 bridgehead atoms. The number of ether oxygens (including phenoxy) is 3. The number of pyridine rings is 1. The van der Waals surface area contributed by atoms with Gasteiger partial charge in [-0.05, 0) is 78.1 Å². The number of aromatic amines is 1. The van der Waals surface area contributed by atoms with Crippen LogP contribution in [0.2, 0.25) is 0 Å².